The summed E-state index contributed by atoms with van der Waals surface area (Å²) < 4.78 is 99.9. The molecule has 4 aliphatic rings. The van der Waals surface area contributed by atoms with Gasteiger partial charge in [0.2, 0.25) is 0 Å². The normalized spacial score (nSPS) is 36.3. The Hall–Kier alpha value is -0.970. The van der Waals surface area contributed by atoms with Gasteiger partial charge in [-0.2, -0.15) is 30.4 Å². The lowest BCUT2D eigenvalue weighted by atomic mass is 9.49. The number of halogens is 5. The van der Waals surface area contributed by atoms with Gasteiger partial charge >= 0.3 is 27.5 Å². The molecule has 25 heavy (non-hydrogen) atoms. The van der Waals surface area contributed by atoms with Gasteiger partial charge < -0.3 is 4.74 Å². The predicted octanol–water partition coefficient (Wildman–Crippen LogP) is 3.16. The summed E-state index contributed by atoms with van der Waals surface area (Å²) in [5, 5.41) is -5.68. The number of ether oxygens (including phenoxy) is 1. The Bertz CT molecular complexity index is 636. The molecule has 0 spiro atoms. The van der Waals surface area contributed by atoms with Gasteiger partial charge in [-0.3, -0.25) is 9.35 Å². The van der Waals surface area contributed by atoms with E-state index in [1.54, 1.807) is 0 Å². The molecular weight excluding hydrogens is 375 g/mol. The van der Waals surface area contributed by atoms with Crippen molar-refractivity contribution in [3.05, 3.63) is 0 Å². The van der Waals surface area contributed by atoms with Crippen LogP contribution in [0, 0.1) is 23.2 Å². The van der Waals surface area contributed by atoms with E-state index in [9.17, 15) is 35.2 Å². The third-order valence-electron chi connectivity index (χ3n) is 5.64. The highest BCUT2D eigenvalue weighted by atomic mass is 32.2. The van der Waals surface area contributed by atoms with Gasteiger partial charge in [0.25, 0.3) is 6.10 Å². The Balaban J connectivity index is 1.87. The van der Waals surface area contributed by atoms with E-state index in [1.165, 1.54) is 0 Å². The van der Waals surface area contributed by atoms with Crippen molar-refractivity contribution in [2.75, 3.05) is 0 Å². The number of rotatable bonds is 4. The lowest BCUT2D eigenvalue weighted by molar-refractivity contribution is -0.266. The lowest BCUT2D eigenvalue weighted by Crippen LogP contribution is -2.56. The van der Waals surface area contributed by atoms with Crippen molar-refractivity contribution < 1.29 is 44.5 Å². The molecule has 0 aliphatic heterocycles. The molecule has 11 heteroatoms. The van der Waals surface area contributed by atoms with Crippen LogP contribution in [0.25, 0.3) is 0 Å². The van der Waals surface area contributed by atoms with E-state index in [-0.39, 0.29) is 37.0 Å². The fourth-order valence-electron chi connectivity index (χ4n) is 5.05. The molecule has 144 valence electrons. The van der Waals surface area contributed by atoms with Crippen molar-refractivity contribution in [1.29, 1.82) is 0 Å². The first-order chi connectivity index (χ1) is 11.2. The van der Waals surface area contributed by atoms with E-state index >= 15 is 0 Å². The van der Waals surface area contributed by atoms with Crippen LogP contribution in [0.1, 0.15) is 38.5 Å². The summed E-state index contributed by atoms with van der Waals surface area (Å²) in [6, 6.07) is 0. The molecule has 1 atom stereocenters. The largest absolute Gasteiger partial charge is 0.444 e. The Morgan fingerprint density at radius 2 is 1.40 bits per heavy atom. The second-order valence-corrected chi connectivity index (χ2v) is 9.06. The summed E-state index contributed by atoms with van der Waals surface area (Å²) in [6.45, 7) is 0. The molecule has 5 nitrogen and oxygen atoms in total. The minimum atomic E-state index is -6.42. The number of hydrogen-bond acceptors (Lipinski definition) is 4. The van der Waals surface area contributed by atoms with Crippen LogP contribution < -0.4 is 0 Å². The van der Waals surface area contributed by atoms with Gasteiger partial charge in [0.15, 0.2) is 0 Å². The molecule has 0 unspecified atom stereocenters. The van der Waals surface area contributed by atoms with Crippen LogP contribution in [0.2, 0.25) is 0 Å². The first kappa shape index (κ1) is 18.8. The SMILES string of the molecule is O=C(O[C@@H](C(F)(F)F)C(F)(F)S(=O)(=O)O)C12CC3CC(CC(C3)C1)C2. The van der Waals surface area contributed by atoms with Crippen molar-refractivity contribution in [2.45, 2.75) is 56.1 Å². The second-order valence-electron chi connectivity index (χ2n) is 7.56. The van der Waals surface area contributed by atoms with Crippen LogP contribution in [0.3, 0.4) is 0 Å². The summed E-state index contributed by atoms with van der Waals surface area (Å²) in [4.78, 5) is 12.4. The minimum absolute atomic E-state index is 0.144. The van der Waals surface area contributed by atoms with E-state index in [4.69, 9.17) is 4.55 Å². The zero-order chi connectivity index (χ0) is 18.8. The summed E-state index contributed by atoms with van der Waals surface area (Å²) >= 11 is 0. The first-order valence-electron chi connectivity index (χ1n) is 7.87. The Morgan fingerprint density at radius 1 is 1.00 bits per heavy atom. The van der Waals surface area contributed by atoms with E-state index in [0.29, 0.717) is 0 Å². The van der Waals surface area contributed by atoms with Crippen LogP contribution in [0.15, 0.2) is 0 Å². The summed E-state index contributed by atoms with van der Waals surface area (Å²) in [5.74, 6) is -1.02. The average Bonchev–Trinajstić information content (AvgIpc) is 2.40. The molecule has 1 N–H and O–H groups in total. The van der Waals surface area contributed by atoms with Crippen LogP contribution in [-0.2, 0) is 19.6 Å². The van der Waals surface area contributed by atoms with Gasteiger partial charge in [-0.1, -0.05) is 0 Å². The number of alkyl halides is 5. The van der Waals surface area contributed by atoms with Crippen LogP contribution in [0.4, 0.5) is 22.0 Å². The summed E-state index contributed by atoms with van der Waals surface area (Å²) in [7, 11) is -6.42. The third-order valence-corrected chi connectivity index (χ3v) is 6.54. The molecule has 0 aromatic rings. The molecule has 4 rings (SSSR count). The van der Waals surface area contributed by atoms with Crippen molar-refractivity contribution in [2.24, 2.45) is 23.2 Å². The molecule has 0 saturated heterocycles. The van der Waals surface area contributed by atoms with E-state index in [2.05, 4.69) is 4.74 Å². The van der Waals surface area contributed by atoms with Gasteiger partial charge in [0, 0.05) is 0 Å². The zero-order valence-corrected chi connectivity index (χ0v) is 13.7. The van der Waals surface area contributed by atoms with Gasteiger partial charge in [0.05, 0.1) is 5.41 Å². The van der Waals surface area contributed by atoms with E-state index < -0.39 is 39.0 Å². The molecule has 4 fully saturated rings. The molecular formula is C14H17F5O5S. The molecule has 0 aromatic heterocycles. The maximum atomic E-state index is 13.6. The van der Waals surface area contributed by atoms with Crippen LogP contribution in [-0.4, -0.2) is 36.5 Å². The molecule has 4 aliphatic carbocycles. The molecule has 0 heterocycles. The number of carbonyl (C=O) groups is 1. The van der Waals surface area contributed by atoms with Crippen molar-refractivity contribution in [3.63, 3.8) is 0 Å². The monoisotopic (exact) mass is 392 g/mol. The van der Waals surface area contributed by atoms with Crippen LogP contribution in [0.5, 0.6) is 0 Å². The fraction of sp³-hybridized carbons (Fsp3) is 0.929. The average molecular weight is 392 g/mol. The molecule has 0 aromatic carbocycles. The Labute approximate surface area is 140 Å². The number of esters is 1. The van der Waals surface area contributed by atoms with Gasteiger partial charge in [-0.25, -0.2) is 0 Å². The summed E-state index contributed by atoms with van der Waals surface area (Å²) in [6.07, 6.45) is -6.73. The van der Waals surface area contributed by atoms with Crippen molar-refractivity contribution >= 4 is 16.1 Å². The highest BCUT2D eigenvalue weighted by molar-refractivity contribution is 7.86. The van der Waals surface area contributed by atoms with Crippen LogP contribution >= 0.6 is 0 Å². The van der Waals surface area contributed by atoms with Crippen molar-refractivity contribution in [3.8, 4) is 0 Å². The molecule has 4 saturated carbocycles. The second kappa shape index (κ2) is 5.51. The van der Waals surface area contributed by atoms with Gasteiger partial charge in [-0.15, -0.1) is 0 Å². The number of carbonyl (C=O) groups excluding carboxylic acids is 1. The molecule has 0 amide bonds. The Morgan fingerprint density at radius 3 is 1.72 bits per heavy atom. The van der Waals surface area contributed by atoms with E-state index in [0.717, 1.165) is 19.3 Å². The quantitative estimate of drug-likeness (QED) is 0.452. The highest BCUT2D eigenvalue weighted by Crippen LogP contribution is 2.60. The topological polar surface area (TPSA) is 80.7 Å². The fourth-order valence-corrected chi connectivity index (χ4v) is 5.51. The number of hydrogen-bond donors (Lipinski definition) is 1. The third kappa shape index (κ3) is 3.13. The smallest absolute Gasteiger partial charge is 0.432 e. The maximum Gasteiger partial charge on any atom is 0.432 e. The maximum absolute atomic E-state index is 13.6. The first-order valence-corrected chi connectivity index (χ1v) is 9.31. The van der Waals surface area contributed by atoms with Crippen molar-refractivity contribution in [1.82, 2.24) is 0 Å². The minimum Gasteiger partial charge on any atom is -0.444 e. The lowest BCUT2D eigenvalue weighted by Gasteiger charge is -2.55. The standard InChI is InChI=1S/C14H17F5O5S/c15-13(16,17)10(14(18,19)25(21,22)23)24-11(20)12-4-7-1-8(5-12)3-9(2-7)6-12/h7-10H,1-6H2,(H,21,22,23)/t7?,8?,9?,10-,12?/m0/s1. The van der Waals surface area contributed by atoms with Gasteiger partial charge in [0.1, 0.15) is 0 Å². The highest BCUT2D eigenvalue weighted by Gasteiger charge is 2.67. The van der Waals surface area contributed by atoms with Gasteiger partial charge in [-0.05, 0) is 56.3 Å². The molecule has 0 radical (unpaired) electrons. The zero-order valence-electron chi connectivity index (χ0n) is 12.9. The van der Waals surface area contributed by atoms with E-state index in [1.807, 2.05) is 0 Å². The summed E-state index contributed by atoms with van der Waals surface area (Å²) in [5.41, 5.74) is -1.27. The molecule has 4 bridgehead atoms. The Kier molecular flexibility index (Phi) is 4.15. The predicted molar refractivity (Wildman–Crippen MR) is 73.0 cm³/mol.